The molecule has 1 fully saturated rings. The van der Waals surface area contributed by atoms with Gasteiger partial charge in [-0.15, -0.1) is 0 Å². The number of halogens is 1. The molecule has 2 aliphatic rings. The van der Waals surface area contributed by atoms with Gasteiger partial charge in [0.25, 0.3) is 0 Å². The molecule has 1 aromatic carbocycles. The van der Waals surface area contributed by atoms with E-state index in [4.69, 9.17) is 9.47 Å². The number of fused-ring (bicyclic) bond motifs is 1. The first kappa shape index (κ1) is 9.90. The lowest BCUT2D eigenvalue weighted by Gasteiger charge is -2.15. The Labute approximate surface area is 93.6 Å². The van der Waals surface area contributed by atoms with Crippen LogP contribution in [0.4, 0.5) is 4.39 Å². The molecule has 0 amide bonds. The molecule has 0 bridgehead atoms. The third-order valence-corrected chi connectivity index (χ3v) is 3.36. The van der Waals surface area contributed by atoms with Crippen LogP contribution in [-0.4, -0.2) is 26.6 Å². The van der Waals surface area contributed by atoms with Gasteiger partial charge in [0.2, 0.25) is 6.79 Å². The zero-order valence-electron chi connectivity index (χ0n) is 8.91. The number of benzene rings is 1. The second-order valence-electron chi connectivity index (χ2n) is 4.29. The summed E-state index contributed by atoms with van der Waals surface area (Å²) in [5.41, 5.74) is 1.14. The molecule has 1 saturated heterocycles. The lowest BCUT2D eigenvalue weighted by molar-refractivity contribution is 0.174. The van der Waals surface area contributed by atoms with E-state index in [1.807, 2.05) is 18.2 Å². The van der Waals surface area contributed by atoms with Gasteiger partial charge in [-0.2, -0.15) is 0 Å². The van der Waals surface area contributed by atoms with Crippen LogP contribution in [0.1, 0.15) is 11.5 Å². The molecular weight excluding hydrogens is 209 g/mol. The van der Waals surface area contributed by atoms with E-state index in [1.54, 1.807) is 0 Å². The molecule has 16 heavy (non-hydrogen) atoms. The maximum absolute atomic E-state index is 12.8. The molecule has 3 rings (SSSR count). The fraction of sp³-hybridized carbons (Fsp3) is 0.500. The zero-order chi connectivity index (χ0) is 11.0. The first-order valence-electron chi connectivity index (χ1n) is 5.54. The van der Waals surface area contributed by atoms with Crippen LogP contribution in [-0.2, 0) is 0 Å². The van der Waals surface area contributed by atoms with Gasteiger partial charge in [-0.1, -0.05) is 6.07 Å². The maximum Gasteiger partial charge on any atom is 0.231 e. The highest BCUT2D eigenvalue weighted by Crippen LogP contribution is 2.37. The highest BCUT2D eigenvalue weighted by molar-refractivity contribution is 5.45. The number of hydrogen-bond donors (Lipinski definition) is 1. The fourth-order valence-electron chi connectivity index (χ4n) is 2.43. The number of ether oxygens (including phenoxy) is 2. The summed E-state index contributed by atoms with van der Waals surface area (Å²) < 4.78 is 23.4. The lowest BCUT2D eigenvalue weighted by atomic mass is 9.89. The fourth-order valence-corrected chi connectivity index (χ4v) is 2.43. The Morgan fingerprint density at radius 2 is 2.12 bits per heavy atom. The normalized spacial score (nSPS) is 27.3. The van der Waals surface area contributed by atoms with E-state index in [1.165, 1.54) is 0 Å². The minimum Gasteiger partial charge on any atom is -0.454 e. The van der Waals surface area contributed by atoms with Crippen molar-refractivity contribution in [2.75, 3.05) is 26.6 Å². The van der Waals surface area contributed by atoms with E-state index >= 15 is 0 Å². The van der Waals surface area contributed by atoms with Gasteiger partial charge < -0.3 is 14.8 Å². The van der Waals surface area contributed by atoms with Gasteiger partial charge in [0.15, 0.2) is 11.5 Å². The van der Waals surface area contributed by atoms with Crippen LogP contribution in [0.15, 0.2) is 18.2 Å². The SMILES string of the molecule is FC[C@H]1CNC[C@H]1c1ccc2c(c1)OCO2. The van der Waals surface area contributed by atoms with Crippen molar-refractivity contribution in [3.63, 3.8) is 0 Å². The Morgan fingerprint density at radius 3 is 3.00 bits per heavy atom. The molecule has 0 aliphatic carbocycles. The zero-order valence-corrected chi connectivity index (χ0v) is 8.91. The van der Waals surface area contributed by atoms with E-state index in [2.05, 4.69) is 5.32 Å². The average Bonchev–Trinajstić information content (AvgIpc) is 2.96. The van der Waals surface area contributed by atoms with Crippen LogP contribution in [0.2, 0.25) is 0 Å². The Balaban J connectivity index is 1.89. The molecule has 2 aliphatic heterocycles. The Morgan fingerprint density at radius 1 is 1.25 bits per heavy atom. The van der Waals surface area contributed by atoms with Crippen LogP contribution >= 0.6 is 0 Å². The molecule has 2 heterocycles. The van der Waals surface area contributed by atoms with Gasteiger partial charge in [0, 0.05) is 24.9 Å². The van der Waals surface area contributed by atoms with Crippen LogP contribution in [0.5, 0.6) is 11.5 Å². The molecule has 0 spiro atoms. The van der Waals surface area contributed by atoms with Gasteiger partial charge >= 0.3 is 0 Å². The molecule has 86 valence electrons. The van der Waals surface area contributed by atoms with Crippen molar-refractivity contribution in [2.45, 2.75) is 5.92 Å². The van der Waals surface area contributed by atoms with Crippen molar-refractivity contribution < 1.29 is 13.9 Å². The maximum atomic E-state index is 12.8. The summed E-state index contributed by atoms with van der Waals surface area (Å²) >= 11 is 0. The molecule has 4 heteroatoms. The van der Waals surface area contributed by atoms with Crippen molar-refractivity contribution in [3.05, 3.63) is 23.8 Å². The summed E-state index contributed by atoms with van der Waals surface area (Å²) in [6.07, 6.45) is 0. The minimum absolute atomic E-state index is 0.0837. The van der Waals surface area contributed by atoms with Crippen LogP contribution in [0.3, 0.4) is 0 Å². The second kappa shape index (κ2) is 3.94. The standard InChI is InChI=1S/C12H14FNO2/c13-4-9-5-14-6-10(9)8-1-2-11-12(3-8)16-7-15-11/h1-3,9-10,14H,4-7H2/t9-,10-/m0/s1. The van der Waals surface area contributed by atoms with E-state index in [0.717, 1.165) is 30.2 Å². The molecule has 0 unspecified atom stereocenters. The summed E-state index contributed by atoms with van der Waals surface area (Å²) in [5.74, 6) is 1.90. The average molecular weight is 223 g/mol. The molecular formula is C12H14FNO2. The van der Waals surface area contributed by atoms with Crippen LogP contribution in [0.25, 0.3) is 0 Å². The lowest BCUT2D eigenvalue weighted by Crippen LogP contribution is -2.12. The summed E-state index contributed by atoms with van der Waals surface area (Å²) in [5, 5.41) is 3.23. The topological polar surface area (TPSA) is 30.5 Å². The number of nitrogens with one attached hydrogen (secondary N) is 1. The predicted octanol–water partition coefficient (Wildman–Crippen LogP) is 1.69. The van der Waals surface area contributed by atoms with E-state index in [-0.39, 0.29) is 25.3 Å². The highest BCUT2D eigenvalue weighted by atomic mass is 19.1. The predicted molar refractivity (Wildman–Crippen MR) is 57.6 cm³/mol. The van der Waals surface area contributed by atoms with Gasteiger partial charge in [-0.3, -0.25) is 4.39 Å². The van der Waals surface area contributed by atoms with Gasteiger partial charge in [0.05, 0.1) is 6.67 Å². The van der Waals surface area contributed by atoms with Crippen LogP contribution in [0, 0.1) is 5.92 Å². The second-order valence-corrected chi connectivity index (χ2v) is 4.29. The molecule has 1 N–H and O–H groups in total. The van der Waals surface area contributed by atoms with Gasteiger partial charge in [-0.05, 0) is 17.7 Å². The molecule has 1 aromatic rings. The highest BCUT2D eigenvalue weighted by Gasteiger charge is 2.29. The Hall–Kier alpha value is -1.29. The van der Waals surface area contributed by atoms with Gasteiger partial charge in [0.1, 0.15) is 0 Å². The molecule has 3 nitrogen and oxygen atoms in total. The van der Waals surface area contributed by atoms with Crippen LogP contribution < -0.4 is 14.8 Å². The largest absolute Gasteiger partial charge is 0.454 e. The molecule has 0 aromatic heterocycles. The number of alkyl halides is 1. The van der Waals surface area contributed by atoms with Crippen molar-refractivity contribution in [2.24, 2.45) is 5.92 Å². The summed E-state index contributed by atoms with van der Waals surface area (Å²) in [6.45, 7) is 1.62. The van der Waals surface area contributed by atoms with E-state index < -0.39 is 0 Å². The summed E-state index contributed by atoms with van der Waals surface area (Å²) in [4.78, 5) is 0. The smallest absolute Gasteiger partial charge is 0.231 e. The Kier molecular flexibility index (Phi) is 2.44. The summed E-state index contributed by atoms with van der Waals surface area (Å²) in [7, 11) is 0. The Bertz CT molecular complexity index is 397. The molecule has 0 radical (unpaired) electrons. The number of rotatable bonds is 2. The van der Waals surface area contributed by atoms with E-state index in [0.29, 0.717) is 0 Å². The third-order valence-electron chi connectivity index (χ3n) is 3.36. The third kappa shape index (κ3) is 1.53. The van der Waals surface area contributed by atoms with Gasteiger partial charge in [-0.25, -0.2) is 0 Å². The summed E-state index contributed by atoms with van der Waals surface area (Å²) in [6, 6.07) is 5.89. The van der Waals surface area contributed by atoms with Crippen molar-refractivity contribution in [1.29, 1.82) is 0 Å². The quantitative estimate of drug-likeness (QED) is 0.827. The van der Waals surface area contributed by atoms with Crippen molar-refractivity contribution in [1.82, 2.24) is 5.32 Å². The first-order chi connectivity index (χ1) is 7.88. The first-order valence-corrected chi connectivity index (χ1v) is 5.54. The number of hydrogen-bond acceptors (Lipinski definition) is 3. The van der Waals surface area contributed by atoms with Crippen molar-refractivity contribution in [3.8, 4) is 11.5 Å². The van der Waals surface area contributed by atoms with E-state index in [9.17, 15) is 4.39 Å². The van der Waals surface area contributed by atoms with Crippen molar-refractivity contribution >= 4 is 0 Å². The molecule has 2 atom stereocenters. The minimum atomic E-state index is -0.272. The molecule has 0 saturated carbocycles. The monoisotopic (exact) mass is 223 g/mol.